The first-order valence-corrected chi connectivity index (χ1v) is 7.83. The molecule has 1 atom stereocenters. The normalized spacial score (nSPS) is 21.3. The van der Waals surface area contributed by atoms with E-state index in [9.17, 15) is 8.42 Å². The van der Waals surface area contributed by atoms with Crippen molar-refractivity contribution in [2.24, 2.45) is 0 Å². The molecule has 0 radical (unpaired) electrons. The van der Waals surface area contributed by atoms with E-state index in [1.54, 1.807) is 28.6 Å². The van der Waals surface area contributed by atoms with Gasteiger partial charge in [0.1, 0.15) is 5.75 Å². The second-order valence-electron chi connectivity index (χ2n) is 4.67. The molecule has 1 saturated heterocycles. The van der Waals surface area contributed by atoms with Gasteiger partial charge in [0, 0.05) is 25.2 Å². The molecule has 106 valence electrons. The van der Waals surface area contributed by atoms with Crippen molar-refractivity contribution < 1.29 is 13.2 Å². The van der Waals surface area contributed by atoms with E-state index < -0.39 is 10.0 Å². The van der Waals surface area contributed by atoms with E-state index in [0.717, 1.165) is 12.8 Å². The maximum Gasteiger partial charge on any atom is 0.243 e. The van der Waals surface area contributed by atoms with Gasteiger partial charge in [-0.05, 0) is 32.0 Å². The molecule has 1 aromatic carbocycles. The van der Waals surface area contributed by atoms with Crippen molar-refractivity contribution in [1.82, 2.24) is 9.62 Å². The lowest BCUT2D eigenvalue weighted by Crippen LogP contribution is -2.46. The van der Waals surface area contributed by atoms with Crippen LogP contribution in [0.15, 0.2) is 29.2 Å². The average Bonchev–Trinajstić information content (AvgIpc) is 2.47. The summed E-state index contributed by atoms with van der Waals surface area (Å²) < 4.78 is 31.8. The largest absolute Gasteiger partial charge is 0.497 e. The lowest BCUT2D eigenvalue weighted by Gasteiger charge is -2.31. The van der Waals surface area contributed by atoms with E-state index in [1.807, 2.05) is 7.05 Å². The fraction of sp³-hybridized carbons (Fsp3) is 0.538. The van der Waals surface area contributed by atoms with Crippen LogP contribution in [0.2, 0.25) is 0 Å². The Kier molecular flexibility index (Phi) is 4.44. The van der Waals surface area contributed by atoms with Crippen LogP contribution < -0.4 is 10.1 Å². The number of benzene rings is 1. The monoisotopic (exact) mass is 284 g/mol. The number of hydrogen-bond acceptors (Lipinski definition) is 4. The highest BCUT2D eigenvalue weighted by atomic mass is 32.2. The standard InChI is InChI=1S/C13H20N2O3S/c1-14-11-5-4-8-15(10-11)19(16,17)13-7-3-6-12(9-13)18-2/h3,6-7,9,11,14H,4-5,8,10H2,1-2H3. The van der Waals surface area contributed by atoms with Crippen LogP contribution in [0.4, 0.5) is 0 Å². The molecule has 1 aliphatic rings. The molecular formula is C13H20N2O3S. The van der Waals surface area contributed by atoms with E-state index in [0.29, 0.717) is 23.7 Å². The molecule has 1 unspecified atom stereocenters. The van der Waals surface area contributed by atoms with E-state index >= 15 is 0 Å². The molecule has 2 rings (SSSR count). The third-order valence-electron chi connectivity index (χ3n) is 3.47. The highest BCUT2D eigenvalue weighted by Gasteiger charge is 2.29. The molecule has 1 aliphatic heterocycles. The van der Waals surface area contributed by atoms with E-state index in [4.69, 9.17) is 4.74 Å². The number of piperidine rings is 1. The van der Waals surface area contributed by atoms with Gasteiger partial charge in [-0.25, -0.2) is 8.42 Å². The predicted octanol–water partition coefficient (Wildman–Crippen LogP) is 1.07. The molecule has 1 fully saturated rings. The van der Waals surface area contributed by atoms with Crippen molar-refractivity contribution >= 4 is 10.0 Å². The van der Waals surface area contributed by atoms with Gasteiger partial charge in [0.05, 0.1) is 12.0 Å². The lowest BCUT2D eigenvalue weighted by atomic mass is 10.1. The Morgan fingerprint density at radius 3 is 2.89 bits per heavy atom. The van der Waals surface area contributed by atoms with Crippen molar-refractivity contribution in [2.75, 3.05) is 27.2 Å². The summed E-state index contributed by atoms with van der Waals surface area (Å²) in [4.78, 5) is 0.295. The molecule has 0 amide bonds. The van der Waals surface area contributed by atoms with E-state index in [2.05, 4.69) is 5.32 Å². The summed E-state index contributed by atoms with van der Waals surface area (Å²) in [5, 5.41) is 3.15. The Labute approximate surface area is 114 Å². The number of likely N-dealkylation sites (N-methyl/N-ethyl adjacent to an activating group) is 1. The summed E-state index contributed by atoms with van der Waals surface area (Å²) in [7, 11) is -0.0255. The summed E-state index contributed by atoms with van der Waals surface area (Å²) >= 11 is 0. The first-order chi connectivity index (χ1) is 9.07. The van der Waals surface area contributed by atoms with Gasteiger partial charge in [0.15, 0.2) is 0 Å². The zero-order valence-electron chi connectivity index (χ0n) is 11.3. The van der Waals surface area contributed by atoms with Gasteiger partial charge in [0.25, 0.3) is 0 Å². The minimum absolute atomic E-state index is 0.231. The Morgan fingerprint density at radius 1 is 1.42 bits per heavy atom. The number of nitrogens with zero attached hydrogens (tertiary/aromatic N) is 1. The van der Waals surface area contributed by atoms with Crippen LogP contribution in [0.5, 0.6) is 5.75 Å². The van der Waals surface area contributed by atoms with Gasteiger partial charge in [-0.15, -0.1) is 0 Å². The smallest absolute Gasteiger partial charge is 0.243 e. The van der Waals surface area contributed by atoms with Crippen LogP contribution in [0.25, 0.3) is 0 Å². The summed E-state index contributed by atoms with van der Waals surface area (Å²) in [6.07, 6.45) is 1.90. The molecule has 0 saturated carbocycles. The van der Waals surface area contributed by atoms with Crippen LogP contribution in [-0.4, -0.2) is 46.0 Å². The Hall–Kier alpha value is -1.11. The Bertz CT molecular complexity index is 530. The second-order valence-corrected chi connectivity index (χ2v) is 6.61. The van der Waals surface area contributed by atoms with Gasteiger partial charge in [-0.3, -0.25) is 0 Å². The molecule has 0 aliphatic carbocycles. The van der Waals surface area contributed by atoms with Gasteiger partial charge in [0.2, 0.25) is 10.0 Å². The first-order valence-electron chi connectivity index (χ1n) is 6.39. The molecule has 1 N–H and O–H groups in total. The number of nitrogens with one attached hydrogen (secondary N) is 1. The zero-order valence-corrected chi connectivity index (χ0v) is 12.1. The number of methoxy groups -OCH3 is 1. The Balaban J connectivity index is 2.25. The fourth-order valence-corrected chi connectivity index (χ4v) is 3.87. The second kappa shape index (κ2) is 5.90. The van der Waals surface area contributed by atoms with Crippen LogP contribution in [-0.2, 0) is 10.0 Å². The van der Waals surface area contributed by atoms with Crippen LogP contribution in [0, 0.1) is 0 Å². The number of hydrogen-bond donors (Lipinski definition) is 1. The molecule has 1 heterocycles. The van der Waals surface area contributed by atoms with Crippen LogP contribution >= 0.6 is 0 Å². The average molecular weight is 284 g/mol. The highest BCUT2D eigenvalue weighted by molar-refractivity contribution is 7.89. The van der Waals surface area contributed by atoms with Gasteiger partial charge < -0.3 is 10.1 Å². The third-order valence-corrected chi connectivity index (χ3v) is 5.33. The van der Waals surface area contributed by atoms with Crippen molar-refractivity contribution in [3.8, 4) is 5.75 Å². The summed E-state index contributed by atoms with van der Waals surface area (Å²) in [5.41, 5.74) is 0. The minimum atomic E-state index is -3.42. The fourth-order valence-electron chi connectivity index (χ4n) is 2.31. The molecule has 0 spiro atoms. The molecule has 0 aromatic heterocycles. The number of sulfonamides is 1. The molecule has 0 bridgehead atoms. The zero-order chi connectivity index (χ0) is 13.9. The summed E-state index contributed by atoms with van der Waals surface area (Å²) in [5.74, 6) is 0.559. The van der Waals surface area contributed by atoms with Crippen LogP contribution in [0.1, 0.15) is 12.8 Å². The minimum Gasteiger partial charge on any atom is -0.497 e. The van der Waals surface area contributed by atoms with E-state index in [-0.39, 0.29) is 6.04 Å². The number of ether oxygens (including phenoxy) is 1. The lowest BCUT2D eigenvalue weighted by molar-refractivity contribution is 0.292. The molecule has 19 heavy (non-hydrogen) atoms. The predicted molar refractivity (Wildman–Crippen MR) is 73.8 cm³/mol. The topological polar surface area (TPSA) is 58.6 Å². The van der Waals surface area contributed by atoms with Crippen molar-refractivity contribution in [3.05, 3.63) is 24.3 Å². The molecule has 5 nitrogen and oxygen atoms in total. The van der Waals surface area contributed by atoms with Gasteiger partial charge in [-0.1, -0.05) is 6.07 Å². The molecular weight excluding hydrogens is 264 g/mol. The highest BCUT2D eigenvalue weighted by Crippen LogP contribution is 2.23. The molecule has 6 heteroatoms. The maximum absolute atomic E-state index is 12.6. The first kappa shape index (κ1) is 14.3. The molecule has 1 aromatic rings. The van der Waals surface area contributed by atoms with Crippen LogP contribution in [0.3, 0.4) is 0 Å². The maximum atomic E-state index is 12.6. The van der Waals surface area contributed by atoms with Crippen molar-refractivity contribution in [2.45, 2.75) is 23.8 Å². The van der Waals surface area contributed by atoms with Gasteiger partial charge in [-0.2, -0.15) is 4.31 Å². The SMILES string of the molecule is CNC1CCCN(S(=O)(=O)c2cccc(OC)c2)C1. The van der Waals surface area contributed by atoms with E-state index in [1.165, 1.54) is 7.11 Å². The Morgan fingerprint density at radius 2 is 2.21 bits per heavy atom. The van der Waals surface area contributed by atoms with Crippen molar-refractivity contribution in [1.29, 1.82) is 0 Å². The third kappa shape index (κ3) is 3.08. The quantitative estimate of drug-likeness (QED) is 0.898. The number of rotatable bonds is 4. The van der Waals surface area contributed by atoms with Gasteiger partial charge >= 0.3 is 0 Å². The summed E-state index contributed by atoms with van der Waals surface area (Å²) in [6.45, 7) is 1.10. The summed E-state index contributed by atoms with van der Waals surface area (Å²) in [6, 6.07) is 6.85. The van der Waals surface area contributed by atoms with Crippen molar-refractivity contribution in [3.63, 3.8) is 0 Å².